The fraction of sp³-hybridized carbons (Fsp3) is 0.462. The van der Waals surface area contributed by atoms with Gasteiger partial charge in [0.15, 0.2) is 0 Å². The summed E-state index contributed by atoms with van der Waals surface area (Å²) in [7, 11) is 3.93. The van der Waals surface area contributed by atoms with Gasteiger partial charge in [-0.15, -0.1) is 0 Å². The third kappa shape index (κ3) is 3.91. The number of carbonyl (C=O) groups excluding carboxylic acids is 1. The highest BCUT2D eigenvalue weighted by Crippen LogP contribution is 2.14. The van der Waals surface area contributed by atoms with Crippen LogP contribution in [0.15, 0.2) is 18.2 Å². The molecule has 0 saturated heterocycles. The maximum Gasteiger partial charge on any atom is 0.252 e. The van der Waals surface area contributed by atoms with Crippen LogP contribution in [0.4, 0.5) is 4.39 Å². The Morgan fingerprint density at radius 2 is 2.06 bits per heavy atom. The predicted octanol–water partition coefficient (Wildman–Crippen LogP) is 2.50. The Kier molecular flexibility index (Phi) is 5.10. The minimum Gasteiger partial charge on any atom is -0.350 e. The topological polar surface area (TPSA) is 32.3 Å². The second-order valence-electron chi connectivity index (χ2n) is 5.01. The molecule has 1 rings (SSSR count). The van der Waals surface area contributed by atoms with Gasteiger partial charge in [0.1, 0.15) is 5.82 Å². The van der Waals surface area contributed by atoms with E-state index in [1.807, 2.05) is 55.4 Å². The van der Waals surface area contributed by atoms with E-state index in [-0.39, 0.29) is 17.3 Å². The molecule has 5 heteroatoms. The minimum absolute atomic E-state index is 0.124. The second kappa shape index (κ2) is 5.97. The molecule has 1 aromatic carbocycles. The molecule has 0 fully saturated rings. The average molecular weight is 364 g/mol. The Balaban J connectivity index is 2.72. The first-order chi connectivity index (χ1) is 8.24. The summed E-state index contributed by atoms with van der Waals surface area (Å²) in [6.07, 6.45) is 0. The zero-order valence-electron chi connectivity index (χ0n) is 11.1. The first-order valence-corrected chi connectivity index (χ1v) is 6.72. The van der Waals surface area contributed by atoms with Gasteiger partial charge in [0.25, 0.3) is 5.91 Å². The maximum atomic E-state index is 12.9. The Morgan fingerprint density at radius 1 is 1.44 bits per heavy atom. The van der Waals surface area contributed by atoms with E-state index in [1.165, 1.54) is 18.2 Å². The van der Waals surface area contributed by atoms with Gasteiger partial charge in [-0.25, -0.2) is 4.39 Å². The standard InChI is InChI=1S/C13H18FIN2O/c1-13(2,17(3)4)8-16-12(18)10-6-5-9(14)7-11(10)15/h5-7H,8H2,1-4H3,(H,16,18). The lowest BCUT2D eigenvalue weighted by Gasteiger charge is -2.32. The van der Waals surface area contributed by atoms with Gasteiger partial charge in [0, 0.05) is 15.7 Å². The molecule has 3 nitrogen and oxygen atoms in total. The van der Waals surface area contributed by atoms with Crippen LogP contribution in [-0.2, 0) is 0 Å². The highest BCUT2D eigenvalue weighted by atomic mass is 127. The van der Waals surface area contributed by atoms with Gasteiger partial charge < -0.3 is 10.2 Å². The van der Waals surface area contributed by atoms with Gasteiger partial charge in [-0.1, -0.05) is 0 Å². The number of hydrogen-bond acceptors (Lipinski definition) is 2. The number of likely N-dealkylation sites (N-methyl/N-ethyl adjacent to an activating group) is 1. The largest absolute Gasteiger partial charge is 0.350 e. The van der Waals surface area contributed by atoms with Crippen molar-refractivity contribution >= 4 is 28.5 Å². The molecule has 0 saturated carbocycles. The summed E-state index contributed by atoms with van der Waals surface area (Å²) in [5.74, 6) is -0.501. The lowest BCUT2D eigenvalue weighted by atomic mass is 10.0. The van der Waals surface area contributed by atoms with Gasteiger partial charge in [0.2, 0.25) is 0 Å². The lowest BCUT2D eigenvalue weighted by Crippen LogP contribution is -2.48. The van der Waals surface area contributed by atoms with Crippen molar-refractivity contribution in [3.05, 3.63) is 33.1 Å². The molecule has 0 aromatic heterocycles. The molecule has 1 amide bonds. The highest BCUT2D eigenvalue weighted by Gasteiger charge is 2.21. The summed E-state index contributed by atoms with van der Waals surface area (Å²) in [6.45, 7) is 4.62. The summed E-state index contributed by atoms with van der Waals surface area (Å²) < 4.78 is 13.6. The molecule has 100 valence electrons. The fourth-order valence-corrected chi connectivity index (χ4v) is 1.95. The Morgan fingerprint density at radius 3 is 2.56 bits per heavy atom. The van der Waals surface area contributed by atoms with Crippen molar-refractivity contribution in [3.8, 4) is 0 Å². The number of benzene rings is 1. The quantitative estimate of drug-likeness (QED) is 0.833. The summed E-state index contributed by atoms with van der Waals surface area (Å²) in [6, 6.07) is 4.16. The Hall–Kier alpha value is -0.690. The van der Waals surface area contributed by atoms with Crippen LogP contribution in [0.2, 0.25) is 0 Å². The maximum absolute atomic E-state index is 12.9. The van der Waals surface area contributed by atoms with Crippen molar-refractivity contribution in [1.82, 2.24) is 10.2 Å². The van der Waals surface area contributed by atoms with E-state index in [4.69, 9.17) is 0 Å². The van der Waals surface area contributed by atoms with Crippen molar-refractivity contribution < 1.29 is 9.18 Å². The number of nitrogens with zero attached hydrogens (tertiary/aromatic N) is 1. The zero-order valence-corrected chi connectivity index (χ0v) is 13.2. The van der Waals surface area contributed by atoms with Crippen LogP contribution < -0.4 is 5.32 Å². The number of halogens is 2. The molecule has 0 spiro atoms. The number of nitrogens with one attached hydrogen (secondary N) is 1. The molecule has 0 radical (unpaired) electrons. The SMILES string of the molecule is CN(C)C(C)(C)CNC(=O)c1ccc(F)cc1I. The van der Waals surface area contributed by atoms with Crippen LogP contribution in [0.5, 0.6) is 0 Å². The summed E-state index contributed by atoms with van der Waals surface area (Å²) in [4.78, 5) is 14.0. The van der Waals surface area contributed by atoms with Gasteiger partial charge >= 0.3 is 0 Å². The molecule has 0 aliphatic heterocycles. The molecule has 1 N–H and O–H groups in total. The molecule has 0 bridgehead atoms. The zero-order chi connectivity index (χ0) is 13.9. The van der Waals surface area contributed by atoms with Gasteiger partial charge in [-0.05, 0) is 68.7 Å². The molecule has 0 aliphatic rings. The molecule has 1 aromatic rings. The van der Waals surface area contributed by atoms with Crippen LogP contribution in [0, 0.1) is 9.39 Å². The van der Waals surface area contributed by atoms with Crippen LogP contribution >= 0.6 is 22.6 Å². The molecule has 0 unspecified atom stereocenters. The van der Waals surface area contributed by atoms with Gasteiger partial charge in [0.05, 0.1) is 5.56 Å². The van der Waals surface area contributed by atoms with Gasteiger partial charge in [-0.2, -0.15) is 0 Å². The van der Waals surface area contributed by atoms with E-state index in [0.29, 0.717) is 15.7 Å². The number of rotatable bonds is 4. The van der Waals surface area contributed by atoms with Crippen LogP contribution in [-0.4, -0.2) is 37.0 Å². The third-order valence-corrected chi connectivity index (χ3v) is 3.96. The monoisotopic (exact) mass is 364 g/mol. The van der Waals surface area contributed by atoms with E-state index >= 15 is 0 Å². The number of hydrogen-bond donors (Lipinski definition) is 1. The molecule has 0 aliphatic carbocycles. The van der Waals surface area contributed by atoms with E-state index in [9.17, 15) is 9.18 Å². The highest BCUT2D eigenvalue weighted by molar-refractivity contribution is 14.1. The molecular weight excluding hydrogens is 346 g/mol. The fourth-order valence-electron chi connectivity index (χ4n) is 1.22. The van der Waals surface area contributed by atoms with Crippen molar-refractivity contribution in [2.45, 2.75) is 19.4 Å². The molecular formula is C13H18FIN2O. The predicted molar refractivity (Wildman–Crippen MR) is 79.2 cm³/mol. The third-order valence-electron chi connectivity index (χ3n) is 3.07. The smallest absolute Gasteiger partial charge is 0.252 e. The normalized spacial score (nSPS) is 11.7. The van der Waals surface area contributed by atoms with E-state index < -0.39 is 0 Å². The Bertz CT molecular complexity index is 447. The van der Waals surface area contributed by atoms with Gasteiger partial charge in [-0.3, -0.25) is 4.79 Å². The van der Waals surface area contributed by atoms with Crippen molar-refractivity contribution in [1.29, 1.82) is 0 Å². The lowest BCUT2D eigenvalue weighted by molar-refractivity contribution is 0.0919. The first-order valence-electron chi connectivity index (χ1n) is 5.65. The average Bonchev–Trinajstić information content (AvgIpc) is 2.25. The summed E-state index contributed by atoms with van der Waals surface area (Å²) >= 11 is 1.96. The molecule has 0 atom stereocenters. The van der Waals surface area contributed by atoms with Crippen LogP contribution in [0.25, 0.3) is 0 Å². The number of carbonyl (C=O) groups is 1. The molecule has 18 heavy (non-hydrogen) atoms. The van der Waals surface area contributed by atoms with Crippen LogP contribution in [0.1, 0.15) is 24.2 Å². The van der Waals surface area contributed by atoms with Crippen molar-refractivity contribution in [2.24, 2.45) is 0 Å². The first kappa shape index (κ1) is 15.4. The summed E-state index contributed by atoms with van der Waals surface area (Å²) in [5, 5.41) is 2.87. The van der Waals surface area contributed by atoms with Crippen molar-refractivity contribution in [2.75, 3.05) is 20.6 Å². The second-order valence-corrected chi connectivity index (χ2v) is 6.18. The number of amides is 1. The summed E-state index contributed by atoms with van der Waals surface area (Å²) in [5.41, 5.74) is 0.382. The Labute approximate surface area is 121 Å². The van der Waals surface area contributed by atoms with Crippen LogP contribution in [0.3, 0.4) is 0 Å². The van der Waals surface area contributed by atoms with E-state index in [1.54, 1.807) is 0 Å². The van der Waals surface area contributed by atoms with E-state index in [0.717, 1.165) is 0 Å². The van der Waals surface area contributed by atoms with Crippen molar-refractivity contribution in [3.63, 3.8) is 0 Å². The minimum atomic E-state index is -0.329. The molecule has 0 heterocycles. The van der Waals surface area contributed by atoms with E-state index in [2.05, 4.69) is 5.32 Å².